The predicted molar refractivity (Wildman–Crippen MR) is 93.5 cm³/mol. The van der Waals surface area contributed by atoms with Crippen molar-refractivity contribution in [1.82, 2.24) is 4.98 Å². The quantitative estimate of drug-likeness (QED) is 0.607. The number of H-pyrrole nitrogens is 1. The normalized spacial score (nSPS) is 11.7. The molecule has 2 aromatic rings. The molecule has 1 heterocycles. The van der Waals surface area contributed by atoms with Crippen LogP contribution in [0, 0.1) is 13.8 Å². The number of aryl methyl sites for hydroxylation is 1. The van der Waals surface area contributed by atoms with Crippen molar-refractivity contribution in [2.45, 2.75) is 33.8 Å². The summed E-state index contributed by atoms with van der Waals surface area (Å²) in [6.07, 6.45) is -1.07. The number of ether oxygens (including phenoxy) is 2. The van der Waals surface area contributed by atoms with Crippen LogP contribution >= 0.6 is 0 Å². The maximum Gasteiger partial charge on any atom is 0.340 e. The minimum atomic E-state index is -1.07. The van der Waals surface area contributed by atoms with Crippen molar-refractivity contribution in [1.29, 1.82) is 0 Å². The highest BCUT2D eigenvalue weighted by Crippen LogP contribution is 2.21. The maximum absolute atomic E-state index is 12.6. The molecule has 0 saturated heterocycles. The predicted octanol–water partition coefficient (Wildman–Crippen LogP) is 2.94. The molecule has 0 amide bonds. The second-order valence-corrected chi connectivity index (χ2v) is 5.81. The number of esters is 2. The Morgan fingerprint density at radius 1 is 1.19 bits per heavy atom. The molecule has 0 aliphatic carbocycles. The Labute approximate surface area is 150 Å². The summed E-state index contributed by atoms with van der Waals surface area (Å²) in [4.78, 5) is 39.7. The number of hydrogen-bond donors (Lipinski definition) is 2. The van der Waals surface area contributed by atoms with Gasteiger partial charge in [-0.2, -0.15) is 0 Å². The molecule has 1 aromatic heterocycles. The molecule has 1 aromatic carbocycles. The summed E-state index contributed by atoms with van der Waals surface area (Å²) >= 11 is 0. The Morgan fingerprint density at radius 3 is 2.50 bits per heavy atom. The van der Waals surface area contributed by atoms with E-state index in [2.05, 4.69) is 4.98 Å². The van der Waals surface area contributed by atoms with Crippen molar-refractivity contribution in [2.75, 3.05) is 6.61 Å². The molecule has 0 spiro atoms. The first-order chi connectivity index (χ1) is 12.3. The first-order valence-electron chi connectivity index (χ1n) is 8.16. The summed E-state index contributed by atoms with van der Waals surface area (Å²) in [5.41, 5.74) is 1.60. The van der Waals surface area contributed by atoms with E-state index in [4.69, 9.17) is 9.47 Å². The van der Waals surface area contributed by atoms with Crippen molar-refractivity contribution in [3.63, 3.8) is 0 Å². The van der Waals surface area contributed by atoms with Gasteiger partial charge in [-0.3, -0.25) is 4.79 Å². The lowest BCUT2D eigenvalue weighted by Gasteiger charge is -2.12. The molecule has 7 heteroatoms. The summed E-state index contributed by atoms with van der Waals surface area (Å²) < 4.78 is 10.2. The number of phenolic OH excluding ortho intramolecular Hbond substituents is 1. The summed E-state index contributed by atoms with van der Waals surface area (Å²) in [5.74, 6) is -1.78. The van der Waals surface area contributed by atoms with E-state index in [1.807, 2.05) is 0 Å². The number of ketones is 1. The number of phenols is 1. The molecule has 0 saturated carbocycles. The van der Waals surface area contributed by atoms with Gasteiger partial charge < -0.3 is 19.6 Å². The summed E-state index contributed by atoms with van der Waals surface area (Å²) in [7, 11) is 0. The molecule has 2 N–H and O–H groups in total. The van der Waals surface area contributed by atoms with Crippen molar-refractivity contribution >= 4 is 17.7 Å². The van der Waals surface area contributed by atoms with Crippen LogP contribution in [0.3, 0.4) is 0 Å². The summed E-state index contributed by atoms with van der Waals surface area (Å²) in [5, 5.41) is 9.43. The topological polar surface area (TPSA) is 106 Å². The SMILES string of the molecule is CCOC(=O)c1c(C)[nH]c(C(=O)C(C)OC(=O)c2cccc(O)c2)c1C. The molecular weight excluding hydrogens is 338 g/mol. The van der Waals surface area contributed by atoms with Crippen LogP contribution in [-0.4, -0.2) is 40.5 Å². The van der Waals surface area contributed by atoms with E-state index >= 15 is 0 Å². The van der Waals surface area contributed by atoms with Gasteiger partial charge in [-0.05, 0) is 51.5 Å². The Morgan fingerprint density at radius 2 is 1.88 bits per heavy atom. The smallest absolute Gasteiger partial charge is 0.340 e. The first kappa shape index (κ1) is 19.2. The molecule has 26 heavy (non-hydrogen) atoms. The van der Waals surface area contributed by atoms with Crippen LogP contribution < -0.4 is 0 Å². The average Bonchev–Trinajstić information content (AvgIpc) is 2.88. The van der Waals surface area contributed by atoms with Crippen LogP contribution in [0.1, 0.15) is 56.3 Å². The minimum Gasteiger partial charge on any atom is -0.508 e. The molecule has 0 radical (unpaired) electrons. The average molecular weight is 359 g/mol. The molecule has 1 atom stereocenters. The van der Waals surface area contributed by atoms with Gasteiger partial charge in [0.2, 0.25) is 5.78 Å². The lowest BCUT2D eigenvalue weighted by molar-refractivity contribution is 0.0316. The molecule has 2 rings (SSSR count). The summed E-state index contributed by atoms with van der Waals surface area (Å²) in [6.45, 7) is 6.67. The van der Waals surface area contributed by atoms with Gasteiger partial charge in [0.25, 0.3) is 0 Å². The van der Waals surface area contributed by atoms with E-state index in [-0.39, 0.29) is 23.6 Å². The number of aromatic hydroxyl groups is 1. The van der Waals surface area contributed by atoms with Crippen LogP contribution in [0.15, 0.2) is 24.3 Å². The lowest BCUT2D eigenvalue weighted by atomic mass is 10.1. The molecule has 138 valence electrons. The monoisotopic (exact) mass is 359 g/mol. The standard InChI is InChI=1S/C19H21NO6/c1-5-25-19(24)15-10(2)16(20-11(15)3)17(22)12(4)26-18(23)13-7-6-8-14(21)9-13/h6-9,12,20-21H,5H2,1-4H3. The third kappa shape index (κ3) is 3.93. The Hall–Kier alpha value is -3.09. The van der Waals surface area contributed by atoms with Crippen LogP contribution in [0.25, 0.3) is 0 Å². The van der Waals surface area contributed by atoms with Gasteiger partial charge >= 0.3 is 11.9 Å². The number of nitrogens with one attached hydrogen (secondary N) is 1. The molecule has 0 fully saturated rings. The minimum absolute atomic E-state index is 0.0756. The van der Waals surface area contributed by atoms with Crippen LogP contribution in [0.4, 0.5) is 0 Å². The highest BCUT2D eigenvalue weighted by molar-refractivity contribution is 6.04. The Bertz CT molecular complexity index is 852. The summed E-state index contributed by atoms with van der Waals surface area (Å²) in [6, 6.07) is 5.65. The van der Waals surface area contributed by atoms with E-state index in [1.165, 1.54) is 31.2 Å². The van der Waals surface area contributed by atoms with E-state index < -0.39 is 23.8 Å². The number of rotatable bonds is 6. The fraction of sp³-hybridized carbons (Fsp3) is 0.316. The number of aromatic nitrogens is 1. The zero-order valence-electron chi connectivity index (χ0n) is 15.1. The van der Waals surface area contributed by atoms with Crippen molar-refractivity contribution in [3.8, 4) is 5.75 Å². The van der Waals surface area contributed by atoms with Crippen LogP contribution in [-0.2, 0) is 9.47 Å². The van der Waals surface area contributed by atoms with Gasteiger partial charge in [-0.25, -0.2) is 9.59 Å². The zero-order chi connectivity index (χ0) is 19.4. The van der Waals surface area contributed by atoms with Gasteiger partial charge in [0.1, 0.15) is 5.75 Å². The highest BCUT2D eigenvalue weighted by Gasteiger charge is 2.27. The van der Waals surface area contributed by atoms with E-state index in [1.54, 1.807) is 20.8 Å². The van der Waals surface area contributed by atoms with Crippen LogP contribution in [0.2, 0.25) is 0 Å². The third-order valence-electron chi connectivity index (χ3n) is 3.90. The third-order valence-corrected chi connectivity index (χ3v) is 3.90. The van der Waals surface area contributed by atoms with E-state index in [9.17, 15) is 19.5 Å². The van der Waals surface area contributed by atoms with Crippen molar-refractivity contribution in [3.05, 3.63) is 52.3 Å². The molecule has 0 aliphatic heterocycles. The maximum atomic E-state index is 12.6. The van der Waals surface area contributed by atoms with Crippen molar-refractivity contribution < 1.29 is 29.0 Å². The number of hydrogen-bond acceptors (Lipinski definition) is 6. The van der Waals surface area contributed by atoms with E-state index in [0.717, 1.165) is 0 Å². The highest BCUT2D eigenvalue weighted by atomic mass is 16.5. The molecule has 0 aliphatic rings. The molecule has 1 unspecified atom stereocenters. The lowest BCUT2D eigenvalue weighted by Crippen LogP contribution is -2.25. The number of aromatic amines is 1. The number of Topliss-reactive ketones (excluding diaryl/α,β-unsaturated/α-hetero) is 1. The second-order valence-electron chi connectivity index (χ2n) is 5.81. The van der Waals surface area contributed by atoms with Gasteiger partial charge in [0.15, 0.2) is 6.10 Å². The Kier molecular flexibility index (Phi) is 5.82. The first-order valence-corrected chi connectivity index (χ1v) is 8.16. The van der Waals surface area contributed by atoms with Gasteiger partial charge in [-0.15, -0.1) is 0 Å². The van der Waals surface area contributed by atoms with E-state index in [0.29, 0.717) is 16.8 Å². The fourth-order valence-corrected chi connectivity index (χ4v) is 2.62. The molecule has 0 bridgehead atoms. The zero-order valence-corrected chi connectivity index (χ0v) is 15.1. The second kappa shape index (κ2) is 7.86. The van der Waals surface area contributed by atoms with Crippen LogP contribution in [0.5, 0.6) is 5.75 Å². The van der Waals surface area contributed by atoms with Gasteiger partial charge in [0.05, 0.1) is 23.4 Å². The van der Waals surface area contributed by atoms with Gasteiger partial charge in [-0.1, -0.05) is 6.07 Å². The van der Waals surface area contributed by atoms with Crippen molar-refractivity contribution in [2.24, 2.45) is 0 Å². The Balaban J connectivity index is 2.19. The van der Waals surface area contributed by atoms with Gasteiger partial charge in [0, 0.05) is 5.69 Å². The number of benzene rings is 1. The molecule has 7 nitrogen and oxygen atoms in total. The molecular formula is C19H21NO6. The number of carbonyl (C=O) groups is 3. The largest absolute Gasteiger partial charge is 0.508 e. The fourth-order valence-electron chi connectivity index (χ4n) is 2.62. The number of carbonyl (C=O) groups excluding carboxylic acids is 3.